The lowest BCUT2D eigenvalue weighted by atomic mass is 10.1. The Kier molecular flexibility index (Phi) is 9.37. The number of carbonyl (C=O) groups excluding carboxylic acids is 1. The van der Waals surface area contributed by atoms with Crippen LogP contribution in [0.3, 0.4) is 0 Å². The molecule has 0 spiro atoms. The molecule has 3 rings (SSSR count). The van der Waals surface area contributed by atoms with Gasteiger partial charge in [0.1, 0.15) is 5.75 Å². The highest BCUT2D eigenvalue weighted by molar-refractivity contribution is 5.94. The van der Waals surface area contributed by atoms with Crippen LogP contribution in [0.4, 0.5) is 0 Å². The summed E-state index contributed by atoms with van der Waals surface area (Å²) in [6.45, 7) is 5.43. The second-order valence-corrected chi connectivity index (χ2v) is 7.77. The first-order valence-corrected chi connectivity index (χ1v) is 11.3. The molecular weight excluding hydrogens is 404 g/mol. The summed E-state index contributed by atoms with van der Waals surface area (Å²) in [5.41, 5.74) is 2.87. The fourth-order valence-electron chi connectivity index (χ4n) is 3.55. The summed E-state index contributed by atoms with van der Waals surface area (Å²) in [5.74, 6) is 1.55. The normalized spacial score (nSPS) is 15.9. The number of methoxy groups -OCH3 is 1. The van der Waals surface area contributed by atoms with Crippen LogP contribution in [-0.2, 0) is 17.7 Å². The van der Waals surface area contributed by atoms with Gasteiger partial charge in [-0.2, -0.15) is 0 Å². The minimum atomic E-state index is -0.0733. The van der Waals surface area contributed by atoms with Crippen LogP contribution in [0.5, 0.6) is 5.75 Å². The van der Waals surface area contributed by atoms with Gasteiger partial charge in [0.05, 0.1) is 19.8 Å². The molecule has 1 fully saturated rings. The van der Waals surface area contributed by atoms with Crippen LogP contribution >= 0.6 is 0 Å². The molecule has 0 aromatic heterocycles. The number of guanidine groups is 1. The molecule has 1 atom stereocenters. The highest BCUT2D eigenvalue weighted by Gasteiger charge is 2.16. The molecular formula is C25H34N4O3. The smallest absolute Gasteiger partial charge is 0.251 e. The Morgan fingerprint density at radius 1 is 1.12 bits per heavy atom. The summed E-state index contributed by atoms with van der Waals surface area (Å²) in [6, 6.07) is 15.7. The number of hydrogen-bond acceptors (Lipinski definition) is 4. The molecule has 3 N–H and O–H groups in total. The minimum Gasteiger partial charge on any atom is -0.497 e. The highest BCUT2D eigenvalue weighted by atomic mass is 16.5. The second-order valence-electron chi connectivity index (χ2n) is 7.77. The van der Waals surface area contributed by atoms with Gasteiger partial charge in [-0.15, -0.1) is 0 Å². The Bertz CT molecular complexity index is 877. The van der Waals surface area contributed by atoms with Crippen molar-refractivity contribution < 1.29 is 14.3 Å². The lowest BCUT2D eigenvalue weighted by Crippen LogP contribution is -2.38. The molecule has 1 aliphatic heterocycles. The van der Waals surface area contributed by atoms with E-state index in [2.05, 4.69) is 33.1 Å². The first kappa shape index (κ1) is 23.6. The summed E-state index contributed by atoms with van der Waals surface area (Å²) in [5, 5.41) is 9.61. The number of carbonyl (C=O) groups is 1. The van der Waals surface area contributed by atoms with E-state index in [0.717, 1.165) is 56.2 Å². The van der Waals surface area contributed by atoms with Crippen molar-refractivity contribution in [3.63, 3.8) is 0 Å². The number of amides is 1. The van der Waals surface area contributed by atoms with Crippen LogP contribution in [0.25, 0.3) is 0 Å². The van der Waals surface area contributed by atoms with Crippen molar-refractivity contribution in [2.45, 2.75) is 38.8 Å². The Labute approximate surface area is 190 Å². The Hall–Kier alpha value is -3.06. The van der Waals surface area contributed by atoms with Gasteiger partial charge in [0.25, 0.3) is 5.91 Å². The Morgan fingerprint density at radius 3 is 2.69 bits per heavy atom. The quantitative estimate of drug-likeness (QED) is 0.392. The monoisotopic (exact) mass is 438 g/mol. The zero-order chi connectivity index (χ0) is 22.6. The molecule has 7 heteroatoms. The van der Waals surface area contributed by atoms with Gasteiger partial charge in [-0.1, -0.05) is 24.3 Å². The van der Waals surface area contributed by atoms with Gasteiger partial charge in [0.15, 0.2) is 5.96 Å². The number of nitrogens with one attached hydrogen (secondary N) is 3. The maximum absolute atomic E-state index is 12.5. The van der Waals surface area contributed by atoms with Gasteiger partial charge in [-0.05, 0) is 61.6 Å². The fourth-order valence-corrected chi connectivity index (χ4v) is 3.55. The number of aliphatic imine (C=N–C) groups is 1. The van der Waals surface area contributed by atoms with E-state index in [1.807, 2.05) is 43.3 Å². The van der Waals surface area contributed by atoms with Crippen molar-refractivity contribution in [3.05, 3.63) is 65.2 Å². The SMILES string of the molecule is CCNC(=NCc1cccc(C(=O)NCC2CCCO2)c1)NCCc1ccc(OC)cc1. The van der Waals surface area contributed by atoms with Crippen molar-refractivity contribution in [1.82, 2.24) is 16.0 Å². The van der Waals surface area contributed by atoms with Crippen LogP contribution in [0.15, 0.2) is 53.5 Å². The molecule has 1 saturated heterocycles. The molecule has 1 aliphatic rings. The van der Waals surface area contributed by atoms with Gasteiger partial charge in [-0.3, -0.25) is 4.79 Å². The van der Waals surface area contributed by atoms with Crippen molar-refractivity contribution in [1.29, 1.82) is 0 Å². The first-order chi connectivity index (χ1) is 15.7. The number of rotatable bonds is 10. The van der Waals surface area contributed by atoms with Crippen LogP contribution in [0.2, 0.25) is 0 Å². The van der Waals surface area contributed by atoms with E-state index in [0.29, 0.717) is 18.7 Å². The molecule has 1 heterocycles. The predicted octanol–water partition coefficient (Wildman–Crippen LogP) is 2.90. The average Bonchev–Trinajstić information content (AvgIpc) is 3.35. The van der Waals surface area contributed by atoms with E-state index in [1.54, 1.807) is 7.11 Å². The highest BCUT2D eigenvalue weighted by Crippen LogP contribution is 2.12. The largest absolute Gasteiger partial charge is 0.497 e. The zero-order valence-corrected chi connectivity index (χ0v) is 19.0. The molecule has 7 nitrogen and oxygen atoms in total. The van der Waals surface area contributed by atoms with Crippen molar-refractivity contribution in [2.75, 3.05) is 33.4 Å². The molecule has 1 unspecified atom stereocenters. The lowest BCUT2D eigenvalue weighted by Gasteiger charge is -2.12. The van der Waals surface area contributed by atoms with E-state index in [-0.39, 0.29) is 12.0 Å². The molecule has 2 aromatic rings. The fraction of sp³-hybridized carbons (Fsp3) is 0.440. The Balaban J connectivity index is 1.50. The first-order valence-electron chi connectivity index (χ1n) is 11.3. The van der Waals surface area contributed by atoms with E-state index in [4.69, 9.17) is 9.47 Å². The molecule has 172 valence electrons. The molecule has 2 aromatic carbocycles. The van der Waals surface area contributed by atoms with E-state index in [1.165, 1.54) is 5.56 Å². The van der Waals surface area contributed by atoms with E-state index in [9.17, 15) is 4.79 Å². The lowest BCUT2D eigenvalue weighted by molar-refractivity contribution is 0.0857. The Morgan fingerprint density at radius 2 is 1.97 bits per heavy atom. The van der Waals surface area contributed by atoms with Crippen molar-refractivity contribution in [2.24, 2.45) is 4.99 Å². The summed E-state index contributed by atoms with van der Waals surface area (Å²) < 4.78 is 10.8. The number of nitrogens with zero attached hydrogens (tertiary/aromatic N) is 1. The van der Waals surface area contributed by atoms with Gasteiger partial charge < -0.3 is 25.4 Å². The third-order valence-corrected chi connectivity index (χ3v) is 5.33. The van der Waals surface area contributed by atoms with Gasteiger partial charge >= 0.3 is 0 Å². The zero-order valence-electron chi connectivity index (χ0n) is 19.0. The van der Waals surface area contributed by atoms with E-state index >= 15 is 0 Å². The molecule has 0 bridgehead atoms. The van der Waals surface area contributed by atoms with Crippen molar-refractivity contribution >= 4 is 11.9 Å². The maximum Gasteiger partial charge on any atom is 0.251 e. The van der Waals surface area contributed by atoms with E-state index < -0.39 is 0 Å². The predicted molar refractivity (Wildman–Crippen MR) is 127 cm³/mol. The molecule has 0 aliphatic carbocycles. The summed E-state index contributed by atoms with van der Waals surface area (Å²) in [4.78, 5) is 17.2. The van der Waals surface area contributed by atoms with Gasteiger partial charge in [-0.25, -0.2) is 4.99 Å². The third kappa shape index (κ3) is 7.57. The van der Waals surface area contributed by atoms with Crippen molar-refractivity contribution in [3.8, 4) is 5.75 Å². The molecule has 32 heavy (non-hydrogen) atoms. The summed E-state index contributed by atoms with van der Waals surface area (Å²) in [7, 11) is 1.67. The summed E-state index contributed by atoms with van der Waals surface area (Å²) >= 11 is 0. The second kappa shape index (κ2) is 12.7. The van der Waals surface area contributed by atoms with Gasteiger partial charge in [0.2, 0.25) is 0 Å². The standard InChI is InChI=1S/C25H34N4O3/c1-3-26-25(27-14-13-19-9-11-22(31-2)12-10-19)29-17-20-6-4-7-21(16-20)24(30)28-18-23-8-5-15-32-23/h4,6-7,9-12,16,23H,3,5,8,13-15,17-18H2,1-2H3,(H,28,30)(H2,26,27,29). The minimum absolute atomic E-state index is 0.0733. The van der Waals surface area contributed by atoms with Crippen LogP contribution in [-0.4, -0.2) is 51.3 Å². The van der Waals surface area contributed by atoms with Gasteiger partial charge in [0, 0.05) is 31.8 Å². The van der Waals surface area contributed by atoms with Crippen LogP contribution in [0.1, 0.15) is 41.3 Å². The topological polar surface area (TPSA) is 84.0 Å². The number of hydrogen-bond donors (Lipinski definition) is 3. The van der Waals surface area contributed by atoms with Crippen LogP contribution < -0.4 is 20.7 Å². The molecule has 1 amide bonds. The number of benzene rings is 2. The average molecular weight is 439 g/mol. The third-order valence-electron chi connectivity index (χ3n) is 5.33. The maximum atomic E-state index is 12.5. The summed E-state index contributed by atoms with van der Waals surface area (Å²) in [6.07, 6.45) is 3.09. The molecule has 0 saturated carbocycles. The molecule has 0 radical (unpaired) electrons. The van der Waals surface area contributed by atoms with Crippen LogP contribution in [0, 0.1) is 0 Å². The number of ether oxygens (including phenoxy) is 2.